The van der Waals surface area contributed by atoms with Crippen molar-refractivity contribution in [1.29, 1.82) is 0 Å². The van der Waals surface area contributed by atoms with Crippen LogP contribution in [0.4, 0.5) is 11.5 Å². The Labute approximate surface area is 166 Å². The zero-order valence-electron chi connectivity index (χ0n) is 16.9. The molecule has 0 spiro atoms. The lowest BCUT2D eigenvalue weighted by molar-refractivity contribution is 0.338. The Bertz CT molecular complexity index is 961. The van der Waals surface area contributed by atoms with Crippen molar-refractivity contribution in [3.05, 3.63) is 54.1 Å². The van der Waals surface area contributed by atoms with Crippen molar-refractivity contribution in [3.8, 4) is 22.7 Å². The highest BCUT2D eigenvalue weighted by atomic mass is 16.5. The second-order valence-electron chi connectivity index (χ2n) is 7.32. The number of ether oxygens (including phenoxy) is 1. The van der Waals surface area contributed by atoms with Gasteiger partial charge in [-0.1, -0.05) is 24.3 Å². The number of para-hydroxylation sites is 2. The van der Waals surface area contributed by atoms with Crippen molar-refractivity contribution in [1.82, 2.24) is 9.78 Å². The van der Waals surface area contributed by atoms with E-state index in [1.54, 1.807) is 0 Å². The predicted octanol–water partition coefficient (Wildman–Crippen LogP) is 4.75. The molecule has 2 heterocycles. The summed E-state index contributed by atoms with van der Waals surface area (Å²) in [6.07, 6.45) is 3.36. The summed E-state index contributed by atoms with van der Waals surface area (Å²) in [7, 11) is 4.14. The van der Waals surface area contributed by atoms with Crippen molar-refractivity contribution in [2.45, 2.75) is 26.2 Å². The molecule has 0 aliphatic carbocycles. The highest BCUT2D eigenvalue weighted by molar-refractivity contribution is 5.74. The Balaban J connectivity index is 1.89. The second-order valence-corrected chi connectivity index (χ2v) is 7.32. The molecule has 28 heavy (non-hydrogen) atoms. The molecule has 0 saturated heterocycles. The summed E-state index contributed by atoms with van der Waals surface area (Å²) in [5, 5.41) is 8.70. The first kappa shape index (κ1) is 18.4. The van der Waals surface area contributed by atoms with Crippen molar-refractivity contribution >= 4 is 11.5 Å². The van der Waals surface area contributed by atoms with Crippen LogP contribution in [0.5, 0.6) is 5.75 Å². The van der Waals surface area contributed by atoms with Gasteiger partial charge in [0.1, 0.15) is 17.3 Å². The Kier molecular flexibility index (Phi) is 5.24. The Morgan fingerprint density at radius 1 is 1.11 bits per heavy atom. The van der Waals surface area contributed by atoms with Crippen LogP contribution in [0.3, 0.4) is 0 Å². The Hall–Kier alpha value is -2.95. The maximum atomic E-state index is 5.88. The van der Waals surface area contributed by atoms with E-state index in [1.807, 2.05) is 29.8 Å². The third-order valence-corrected chi connectivity index (χ3v) is 5.16. The van der Waals surface area contributed by atoms with Gasteiger partial charge >= 0.3 is 0 Å². The minimum absolute atomic E-state index is 0.631. The maximum absolute atomic E-state index is 5.88. The normalized spacial score (nSPS) is 13.4. The van der Waals surface area contributed by atoms with Gasteiger partial charge in [-0.25, -0.2) is 4.68 Å². The van der Waals surface area contributed by atoms with Gasteiger partial charge < -0.3 is 15.0 Å². The lowest BCUT2D eigenvalue weighted by atomic mass is 10.0. The third-order valence-electron chi connectivity index (χ3n) is 5.16. The van der Waals surface area contributed by atoms with Gasteiger partial charge in [-0.05, 0) is 50.5 Å². The Morgan fingerprint density at radius 3 is 2.79 bits per heavy atom. The van der Waals surface area contributed by atoms with E-state index < -0.39 is 0 Å². The van der Waals surface area contributed by atoms with Gasteiger partial charge in [0.15, 0.2) is 0 Å². The number of hydrogen-bond donors (Lipinski definition) is 1. The summed E-state index contributed by atoms with van der Waals surface area (Å²) in [6.45, 7) is 3.61. The molecule has 2 aromatic carbocycles. The molecule has 0 fully saturated rings. The van der Waals surface area contributed by atoms with E-state index in [1.165, 1.54) is 24.1 Å². The monoisotopic (exact) mass is 376 g/mol. The van der Waals surface area contributed by atoms with E-state index in [0.717, 1.165) is 41.5 Å². The van der Waals surface area contributed by atoms with E-state index in [4.69, 9.17) is 9.84 Å². The molecule has 1 aromatic heterocycles. The summed E-state index contributed by atoms with van der Waals surface area (Å²) in [4.78, 5) is 2.13. The molecule has 5 heteroatoms. The summed E-state index contributed by atoms with van der Waals surface area (Å²) in [5.41, 5.74) is 5.65. The fourth-order valence-electron chi connectivity index (χ4n) is 3.75. The molecule has 3 aromatic rings. The van der Waals surface area contributed by atoms with Gasteiger partial charge in [0.2, 0.25) is 0 Å². The number of rotatable bonds is 5. The molecular formula is C23H28N4O. The van der Waals surface area contributed by atoms with E-state index in [0.29, 0.717) is 6.61 Å². The van der Waals surface area contributed by atoms with E-state index >= 15 is 0 Å². The topological polar surface area (TPSA) is 42.3 Å². The molecule has 0 atom stereocenters. The van der Waals surface area contributed by atoms with Crippen molar-refractivity contribution in [2.24, 2.45) is 0 Å². The van der Waals surface area contributed by atoms with Crippen LogP contribution < -0.4 is 15.0 Å². The lowest BCUT2D eigenvalue weighted by Crippen LogP contribution is -2.09. The average molecular weight is 377 g/mol. The minimum atomic E-state index is 0.631. The van der Waals surface area contributed by atoms with Crippen LogP contribution in [0.15, 0.2) is 48.5 Å². The summed E-state index contributed by atoms with van der Waals surface area (Å²) < 4.78 is 7.92. The minimum Gasteiger partial charge on any atom is -0.492 e. The molecule has 0 bridgehead atoms. The highest BCUT2D eigenvalue weighted by Crippen LogP contribution is 2.36. The predicted molar refractivity (Wildman–Crippen MR) is 116 cm³/mol. The summed E-state index contributed by atoms with van der Waals surface area (Å²) in [6, 6.07) is 16.7. The number of aromatic nitrogens is 2. The molecule has 5 nitrogen and oxygen atoms in total. The van der Waals surface area contributed by atoms with Crippen molar-refractivity contribution in [2.75, 3.05) is 37.5 Å². The molecule has 1 N–H and O–H groups in total. The first-order chi connectivity index (χ1) is 13.7. The van der Waals surface area contributed by atoms with Gasteiger partial charge in [0.25, 0.3) is 0 Å². The van der Waals surface area contributed by atoms with Crippen LogP contribution in [-0.4, -0.2) is 37.0 Å². The van der Waals surface area contributed by atoms with E-state index in [-0.39, 0.29) is 0 Å². The molecular weight excluding hydrogens is 348 g/mol. The summed E-state index contributed by atoms with van der Waals surface area (Å²) >= 11 is 0. The van der Waals surface area contributed by atoms with Gasteiger partial charge in [0.05, 0.1) is 12.3 Å². The van der Waals surface area contributed by atoms with Crippen LogP contribution in [-0.2, 0) is 6.42 Å². The van der Waals surface area contributed by atoms with Crippen molar-refractivity contribution < 1.29 is 4.74 Å². The standard InChI is InChI=1S/C23H28N4O/c1-4-28-21-14-6-5-13-20(21)27-23-19(12-7-8-15-24-23)22(25-27)17-10-9-11-18(16-17)26(2)3/h5-6,9-11,13-14,16,24H,4,7-8,12,15H2,1-3H3. The molecule has 4 rings (SSSR count). The molecule has 0 radical (unpaired) electrons. The van der Waals surface area contributed by atoms with Crippen LogP contribution in [0, 0.1) is 0 Å². The van der Waals surface area contributed by atoms with Crippen LogP contribution in [0.25, 0.3) is 16.9 Å². The number of nitrogens with one attached hydrogen (secondary N) is 1. The van der Waals surface area contributed by atoms with E-state index in [2.05, 4.69) is 54.6 Å². The highest BCUT2D eigenvalue weighted by Gasteiger charge is 2.23. The molecule has 1 aliphatic heterocycles. The number of anilines is 2. The fraction of sp³-hybridized carbons (Fsp3) is 0.348. The summed E-state index contributed by atoms with van der Waals surface area (Å²) in [5.74, 6) is 1.95. The molecule has 0 amide bonds. The van der Waals surface area contributed by atoms with Crippen LogP contribution >= 0.6 is 0 Å². The Morgan fingerprint density at radius 2 is 1.96 bits per heavy atom. The first-order valence-corrected chi connectivity index (χ1v) is 10.0. The quantitative estimate of drug-likeness (QED) is 0.698. The SMILES string of the molecule is CCOc1ccccc1-n1nc(-c2cccc(N(C)C)c2)c2c1NCCCC2. The largest absolute Gasteiger partial charge is 0.492 e. The van der Waals surface area contributed by atoms with Gasteiger partial charge in [-0.3, -0.25) is 0 Å². The molecule has 146 valence electrons. The first-order valence-electron chi connectivity index (χ1n) is 10.0. The third kappa shape index (κ3) is 3.44. The lowest BCUT2D eigenvalue weighted by Gasteiger charge is -2.13. The number of benzene rings is 2. The fourth-order valence-corrected chi connectivity index (χ4v) is 3.75. The van der Waals surface area contributed by atoms with Crippen LogP contribution in [0.1, 0.15) is 25.3 Å². The van der Waals surface area contributed by atoms with Gasteiger partial charge in [-0.2, -0.15) is 5.10 Å². The number of nitrogens with zero attached hydrogens (tertiary/aromatic N) is 3. The van der Waals surface area contributed by atoms with Gasteiger partial charge in [0, 0.05) is 37.5 Å². The molecule has 0 unspecified atom stereocenters. The number of hydrogen-bond acceptors (Lipinski definition) is 4. The van der Waals surface area contributed by atoms with Gasteiger partial charge in [-0.15, -0.1) is 0 Å². The van der Waals surface area contributed by atoms with E-state index in [9.17, 15) is 0 Å². The maximum Gasteiger partial charge on any atom is 0.145 e. The molecule has 1 aliphatic rings. The van der Waals surface area contributed by atoms with Crippen molar-refractivity contribution in [3.63, 3.8) is 0 Å². The smallest absolute Gasteiger partial charge is 0.145 e. The average Bonchev–Trinajstić information content (AvgIpc) is 2.90. The zero-order chi connectivity index (χ0) is 19.5. The number of fused-ring (bicyclic) bond motifs is 1. The zero-order valence-corrected chi connectivity index (χ0v) is 16.9. The molecule has 0 saturated carbocycles. The van der Waals surface area contributed by atoms with Crippen LogP contribution in [0.2, 0.25) is 0 Å². The second kappa shape index (κ2) is 7.97.